The van der Waals surface area contributed by atoms with Crippen molar-refractivity contribution in [2.24, 2.45) is 5.41 Å². The SMILES string of the molecule is CC(C)(C)CC(=O)Nc1cncc(-c2cc3c(-c4cc5c(-c6cc(F)cc(CCS(C)(=O)=O)c6)cncc5[nH]4)n[nH]c3cn2)c1. The molecular formula is C33H32FN7O3S. The number of hydrogen-bond donors (Lipinski definition) is 3. The normalized spacial score (nSPS) is 12.2. The van der Waals surface area contributed by atoms with Crippen LogP contribution in [0.3, 0.4) is 0 Å². The quantitative estimate of drug-likeness (QED) is 0.179. The Balaban J connectivity index is 1.34. The molecule has 0 fully saturated rings. The van der Waals surface area contributed by atoms with Crippen LogP contribution < -0.4 is 5.32 Å². The molecule has 0 spiro atoms. The van der Waals surface area contributed by atoms with Gasteiger partial charge in [-0.15, -0.1) is 0 Å². The number of carbonyl (C=O) groups is 1. The summed E-state index contributed by atoms with van der Waals surface area (Å²) in [7, 11) is -3.20. The van der Waals surface area contributed by atoms with Crippen molar-refractivity contribution < 1.29 is 17.6 Å². The number of anilines is 1. The molecule has 6 rings (SSSR count). The zero-order valence-electron chi connectivity index (χ0n) is 25.3. The fraction of sp³-hybridized carbons (Fsp3) is 0.242. The number of sulfone groups is 1. The second-order valence-electron chi connectivity index (χ2n) is 12.5. The molecule has 230 valence electrons. The molecule has 0 unspecified atom stereocenters. The maximum absolute atomic E-state index is 14.6. The molecule has 6 aromatic rings. The Kier molecular flexibility index (Phi) is 7.69. The summed E-state index contributed by atoms with van der Waals surface area (Å²) >= 11 is 0. The number of aromatic amines is 2. The maximum Gasteiger partial charge on any atom is 0.224 e. The second kappa shape index (κ2) is 11.5. The van der Waals surface area contributed by atoms with Gasteiger partial charge in [0.05, 0.1) is 52.5 Å². The number of benzene rings is 1. The standard InChI is InChI=1S/C33H32FN7O3S/c1-33(2,3)13-31(42)38-23-10-21(14-35-15-23)27-12-25-30(18-37-27)40-41-32(25)28-11-24-26(16-36-17-29(24)39-28)20-7-19(8-22(34)9-20)5-6-45(4,43)44/h7-12,14-18,39H,5-6,13H2,1-4H3,(H,38,42)(H,40,41). The summed E-state index contributed by atoms with van der Waals surface area (Å²) in [5.74, 6) is -0.602. The lowest BCUT2D eigenvalue weighted by atomic mass is 9.92. The molecule has 10 nitrogen and oxygen atoms in total. The van der Waals surface area contributed by atoms with Gasteiger partial charge >= 0.3 is 0 Å². The number of halogens is 1. The summed E-state index contributed by atoms with van der Waals surface area (Å²) in [6.07, 6.45) is 10.1. The topological polar surface area (TPSA) is 146 Å². The highest BCUT2D eigenvalue weighted by Gasteiger charge is 2.18. The molecule has 5 heterocycles. The van der Waals surface area contributed by atoms with E-state index in [1.165, 1.54) is 18.4 Å². The van der Waals surface area contributed by atoms with Crippen LogP contribution in [-0.2, 0) is 21.1 Å². The molecule has 12 heteroatoms. The van der Waals surface area contributed by atoms with Crippen LogP contribution in [0.25, 0.3) is 55.6 Å². The number of carbonyl (C=O) groups excluding carboxylic acids is 1. The first-order valence-corrected chi connectivity index (χ1v) is 16.4. The second-order valence-corrected chi connectivity index (χ2v) is 14.8. The predicted molar refractivity (Wildman–Crippen MR) is 174 cm³/mol. The number of nitrogens with one attached hydrogen (secondary N) is 3. The monoisotopic (exact) mass is 625 g/mol. The van der Waals surface area contributed by atoms with Gasteiger partial charge in [0, 0.05) is 47.0 Å². The van der Waals surface area contributed by atoms with Gasteiger partial charge < -0.3 is 10.3 Å². The predicted octanol–water partition coefficient (Wildman–Crippen LogP) is 6.33. The third kappa shape index (κ3) is 6.91. The van der Waals surface area contributed by atoms with Crippen molar-refractivity contribution in [3.8, 4) is 33.8 Å². The zero-order chi connectivity index (χ0) is 31.9. The van der Waals surface area contributed by atoms with Gasteiger partial charge in [-0.3, -0.25) is 24.8 Å². The number of nitrogens with zero attached hydrogens (tertiary/aromatic N) is 4. The van der Waals surface area contributed by atoms with E-state index in [2.05, 4.69) is 35.5 Å². The molecule has 0 bridgehead atoms. The number of hydrogen-bond acceptors (Lipinski definition) is 7. The molecule has 0 aliphatic heterocycles. The van der Waals surface area contributed by atoms with Crippen LogP contribution >= 0.6 is 0 Å². The smallest absolute Gasteiger partial charge is 0.224 e. The number of amides is 1. The Morgan fingerprint density at radius 2 is 1.71 bits per heavy atom. The molecule has 0 aliphatic rings. The molecule has 0 saturated carbocycles. The highest BCUT2D eigenvalue weighted by atomic mass is 32.2. The van der Waals surface area contributed by atoms with Crippen LogP contribution in [0.4, 0.5) is 10.1 Å². The first-order valence-electron chi connectivity index (χ1n) is 14.4. The Bertz CT molecular complexity index is 2180. The van der Waals surface area contributed by atoms with E-state index in [1.54, 1.807) is 37.1 Å². The fourth-order valence-electron chi connectivity index (χ4n) is 5.28. The third-order valence-corrected chi connectivity index (χ3v) is 8.23. The number of rotatable bonds is 8. The van der Waals surface area contributed by atoms with E-state index in [1.807, 2.05) is 39.0 Å². The lowest BCUT2D eigenvalue weighted by Gasteiger charge is -2.17. The molecule has 0 saturated heterocycles. The average molecular weight is 626 g/mol. The van der Waals surface area contributed by atoms with E-state index in [0.29, 0.717) is 40.2 Å². The molecule has 1 amide bonds. The summed E-state index contributed by atoms with van der Waals surface area (Å²) in [6.45, 7) is 6.03. The molecule has 5 aromatic heterocycles. The van der Waals surface area contributed by atoms with Crippen LogP contribution in [0.15, 0.2) is 67.4 Å². The number of aromatic nitrogens is 6. The van der Waals surface area contributed by atoms with E-state index in [9.17, 15) is 17.6 Å². The molecule has 3 N–H and O–H groups in total. The van der Waals surface area contributed by atoms with E-state index in [-0.39, 0.29) is 23.5 Å². The average Bonchev–Trinajstić information content (AvgIpc) is 3.58. The minimum absolute atomic E-state index is 0.0675. The summed E-state index contributed by atoms with van der Waals surface area (Å²) in [4.78, 5) is 29.1. The molecule has 0 radical (unpaired) electrons. The van der Waals surface area contributed by atoms with Crippen molar-refractivity contribution in [1.29, 1.82) is 0 Å². The minimum Gasteiger partial charge on any atom is -0.352 e. The Morgan fingerprint density at radius 3 is 2.49 bits per heavy atom. The Hall–Kier alpha value is -4.97. The summed E-state index contributed by atoms with van der Waals surface area (Å²) < 4.78 is 38.0. The highest BCUT2D eigenvalue weighted by Crippen LogP contribution is 2.35. The minimum atomic E-state index is -3.20. The van der Waals surface area contributed by atoms with E-state index >= 15 is 0 Å². The van der Waals surface area contributed by atoms with Crippen molar-refractivity contribution in [3.63, 3.8) is 0 Å². The van der Waals surface area contributed by atoms with Crippen molar-refractivity contribution in [3.05, 3.63) is 78.8 Å². The van der Waals surface area contributed by atoms with E-state index in [4.69, 9.17) is 0 Å². The summed E-state index contributed by atoms with van der Waals surface area (Å²) in [6, 6.07) is 10.3. The first-order chi connectivity index (χ1) is 21.3. The van der Waals surface area contributed by atoms with Gasteiger partial charge in [0.1, 0.15) is 21.3 Å². The summed E-state index contributed by atoms with van der Waals surface area (Å²) in [5.41, 5.74) is 6.58. The van der Waals surface area contributed by atoms with Crippen molar-refractivity contribution >= 4 is 43.2 Å². The number of H-pyrrole nitrogens is 2. The van der Waals surface area contributed by atoms with Crippen LogP contribution in [0.2, 0.25) is 0 Å². The van der Waals surface area contributed by atoms with E-state index < -0.39 is 15.7 Å². The van der Waals surface area contributed by atoms with Crippen LogP contribution in [0, 0.1) is 11.2 Å². The van der Waals surface area contributed by atoms with Gasteiger partial charge in [-0.25, -0.2) is 12.8 Å². The highest BCUT2D eigenvalue weighted by molar-refractivity contribution is 7.90. The van der Waals surface area contributed by atoms with Gasteiger partial charge in [-0.1, -0.05) is 26.8 Å². The lowest BCUT2D eigenvalue weighted by molar-refractivity contribution is -0.117. The zero-order valence-corrected chi connectivity index (χ0v) is 26.1. The first kappa shape index (κ1) is 30.1. The number of pyridine rings is 3. The fourth-order valence-corrected chi connectivity index (χ4v) is 5.88. The van der Waals surface area contributed by atoms with Crippen molar-refractivity contribution in [2.75, 3.05) is 17.3 Å². The molecular weight excluding hydrogens is 593 g/mol. The van der Waals surface area contributed by atoms with Crippen LogP contribution in [0.1, 0.15) is 32.8 Å². The largest absolute Gasteiger partial charge is 0.352 e. The van der Waals surface area contributed by atoms with Crippen LogP contribution in [-0.4, -0.2) is 56.5 Å². The van der Waals surface area contributed by atoms with E-state index in [0.717, 1.165) is 33.1 Å². The van der Waals surface area contributed by atoms with Gasteiger partial charge in [0.25, 0.3) is 0 Å². The number of aryl methyl sites for hydroxylation is 1. The van der Waals surface area contributed by atoms with Gasteiger partial charge in [0.15, 0.2) is 0 Å². The van der Waals surface area contributed by atoms with Gasteiger partial charge in [-0.2, -0.15) is 5.10 Å². The maximum atomic E-state index is 14.6. The van der Waals surface area contributed by atoms with Gasteiger partial charge in [0.2, 0.25) is 5.91 Å². The van der Waals surface area contributed by atoms with Crippen molar-refractivity contribution in [2.45, 2.75) is 33.6 Å². The Morgan fingerprint density at radius 1 is 0.911 bits per heavy atom. The van der Waals surface area contributed by atoms with Gasteiger partial charge in [-0.05, 0) is 53.3 Å². The lowest BCUT2D eigenvalue weighted by Crippen LogP contribution is -2.19. The molecule has 45 heavy (non-hydrogen) atoms. The molecule has 0 aliphatic carbocycles. The molecule has 0 atom stereocenters. The van der Waals surface area contributed by atoms with Crippen molar-refractivity contribution in [1.82, 2.24) is 30.1 Å². The molecule has 1 aromatic carbocycles. The third-order valence-electron chi connectivity index (χ3n) is 7.29. The number of fused-ring (bicyclic) bond motifs is 2. The Labute approximate surface area is 259 Å². The van der Waals surface area contributed by atoms with Crippen LogP contribution in [0.5, 0.6) is 0 Å². The summed E-state index contributed by atoms with van der Waals surface area (Å²) in [5, 5.41) is 12.1.